The zero-order chi connectivity index (χ0) is 12.0. The van der Waals surface area contributed by atoms with Crippen molar-refractivity contribution in [3.05, 3.63) is 35.4 Å². The fraction of sp³-hybridized carbons (Fsp3) is 0.600. The molecule has 1 unspecified atom stereocenters. The summed E-state index contributed by atoms with van der Waals surface area (Å²) in [6, 6.07) is 8.70. The van der Waals surface area contributed by atoms with E-state index < -0.39 is 0 Å². The van der Waals surface area contributed by atoms with Crippen molar-refractivity contribution in [1.82, 2.24) is 5.32 Å². The Morgan fingerprint density at radius 1 is 1.06 bits per heavy atom. The normalized spacial score (nSPS) is 13.1. The SMILES string of the molecule is CCc1ccccc1CNCC(C)C(C)C. The maximum atomic E-state index is 3.56. The van der Waals surface area contributed by atoms with E-state index in [0.29, 0.717) is 0 Å². The molecule has 16 heavy (non-hydrogen) atoms. The van der Waals surface area contributed by atoms with Crippen LogP contribution in [-0.2, 0) is 13.0 Å². The Bertz CT molecular complexity index is 304. The van der Waals surface area contributed by atoms with E-state index in [1.54, 1.807) is 0 Å². The molecule has 0 spiro atoms. The van der Waals surface area contributed by atoms with Crippen molar-refractivity contribution < 1.29 is 0 Å². The molecule has 0 bridgehead atoms. The molecular weight excluding hydrogens is 194 g/mol. The second kappa shape index (κ2) is 6.70. The van der Waals surface area contributed by atoms with Crippen molar-refractivity contribution in [2.45, 2.75) is 40.7 Å². The van der Waals surface area contributed by atoms with Crippen LogP contribution in [0, 0.1) is 11.8 Å². The van der Waals surface area contributed by atoms with Gasteiger partial charge in [-0.2, -0.15) is 0 Å². The monoisotopic (exact) mass is 219 g/mol. The first-order valence-electron chi connectivity index (χ1n) is 6.42. The summed E-state index contributed by atoms with van der Waals surface area (Å²) in [5.74, 6) is 1.50. The third kappa shape index (κ3) is 3.97. The smallest absolute Gasteiger partial charge is 0.0208 e. The molecule has 0 fully saturated rings. The summed E-state index contributed by atoms with van der Waals surface area (Å²) in [6.07, 6.45) is 1.12. The summed E-state index contributed by atoms with van der Waals surface area (Å²) < 4.78 is 0. The van der Waals surface area contributed by atoms with Crippen LogP contribution in [0.2, 0.25) is 0 Å². The van der Waals surface area contributed by atoms with Crippen LogP contribution >= 0.6 is 0 Å². The minimum Gasteiger partial charge on any atom is -0.312 e. The third-order valence-electron chi connectivity index (χ3n) is 3.42. The summed E-state index contributed by atoms with van der Waals surface area (Å²) in [4.78, 5) is 0. The third-order valence-corrected chi connectivity index (χ3v) is 3.42. The van der Waals surface area contributed by atoms with Crippen LogP contribution < -0.4 is 5.32 Å². The number of hydrogen-bond donors (Lipinski definition) is 1. The molecule has 0 saturated carbocycles. The van der Waals surface area contributed by atoms with Crippen LogP contribution in [0.3, 0.4) is 0 Å². The minimum atomic E-state index is 0.744. The van der Waals surface area contributed by atoms with Gasteiger partial charge in [-0.05, 0) is 35.9 Å². The molecule has 1 N–H and O–H groups in total. The van der Waals surface area contributed by atoms with Gasteiger partial charge in [0.2, 0.25) is 0 Å². The molecule has 0 heterocycles. The van der Waals surface area contributed by atoms with Gasteiger partial charge in [0, 0.05) is 6.54 Å². The van der Waals surface area contributed by atoms with Gasteiger partial charge in [-0.1, -0.05) is 52.0 Å². The van der Waals surface area contributed by atoms with E-state index in [1.807, 2.05) is 0 Å². The zero-order valence-corrected chi connectivity index (χ0v) is 11.1. The molecule has 0 aliphatic carbocycles. The Hall–Kier alpha value is -0.820. The number of nitrogens with one attached hydrogen (secondary N) is 1. The predicted octanol–water partition coefficient (Wildman–Crippen LogP) is 3.63. The van der Waals surface area contributed by atoms with Gasteiger partial charge >= 0.3 is 0 Å². The molecule has 0 radical (unpaired) electrons. The lowest BCUT2D eigenvalue weighted by Crippen LogP contribution is -2.24. The molecule has 1 rings (SSSR count). The molecule has 0 aromatic heterocycles. The molecule has 0 aliphatic rings. The molecule has 1 aromatic rings. The quantitative estimate of drug-likeness (QED) is 0.770. The highest BCUT2D eigenvalue weighted by Gasteiger charge is 2.06. The highest BCUT2D eigenvalue weighted by molar-refractivity contribution is 5.26. The predicted molar refractivity (Wildman–Crippen MR) is 71.5 cm³/mol. The zero-order valence-electron chi connectivity index (χ0n) is 11.1. The maximum absolute atomic E-state index is 3.56. The first-order valence-corrected chi connectivity index (χ1v) is 6.42. The van der Waals surface area contributed by atoms with Crippen molar-refractivity contribution in [2.24, 2.45) is 11.8 Å². The van der Waals surface area contributed by atoms with Gasteiger partial charge in [-0.25, -0.2) is 0 Å². The average molecular weight is 219 g/mol. The number of benzene rings is 1. The molecule has 0 saturated heterocycles. The van der Waals surface area contributed by atoms with Crippen LogP contribution in [0.25, 0.3) is 0 Å². The van der Waals surface area contributed by atoms with Gasteiger partial charge in [0.25, 0.3) is 0 Å². The molecule has 1 atom stereocenters. The summed E-state index contributed by atoms with van der Waals surface area (Å²) in [7, 11) is 0. The minimum absolute atomic E-state index is 0.744. The van der Waals surface area contributed by atoms with Gasteiger partial charge < -0.3 is 5.32 Å². The van der Waals surface area contributed by atoms with E-state index in [2.05, 4.69) is 57.3 Å². The Kier molecular flexibility index (Phi) is 5.54. The first kappa shape index (κ1) is 13.2. The van der Waals surface area contributed by atoms with Gasteiger partial charge in [-0.3, -0.25) is 0 Å². The number of rotatable bonds is 6. The van der Waals surface area contributed by atoms with Gasteiger partial charge in [0.05, 0.1) is 0 Å². The second-order valence-corrected chi connectivity index (χ2v) is 4.97. The Morgan fingerprint density at radius 3 is 2.25 bits per heavy atom. The van der Waals surface area contributed by atoms with E-state index in [4.69, 9.17) is 0 Å². The van der Waals surface area contributed by atoms with E-state index in [0.717, 1.165) is 31.3 Å². The van der Waals surface area contributed by atoms with Crippen molar-refractivity contribution in [2.75, 3.05) is 6.54 Å². The topological polar surface area (TPSA) is 12.0 Å². The lowest BCUT2D eigenvalue weighted by molar-refractivity contribution is 0.392. The summed E-state index contributed by atoms with van der Waals surface area (Å²) in [5.41, 5.74) is 2.91. The van der Waals surface area contributed by atoms with Crippen LogP contribution in [0.5, 0.6) is 0 Å². The molecule has 1 heteroatoms. The fourth-order valence-electron chi connectivity index (χ4n) is 1.75. The van der Waals surface area contributed by atoms with E-state index in [1.165, 1.54) is 11.1 Å². The number of aryl methyl sites for hydroxylation is 1. The highest BCUT2D eigenvalue weighted by Crippen LogP contribution is 2.11. The summed E-state index contributed by atoms with van der Waals surface area (Å²) in [6.45, 7) is 11.2. The van der Waals surface area contributed by atoms with Crippen molar-refractivity contribution >= 4 is 0 Å². The van der Waals surface area contributed by atoms with Crippen molar-refractivity contribution in [3.63, 3.8) is 0 Å². The molecule has 90 valence electrons. The van der Waals surface area contributed by atoms with E-state index in [9.17, 15) is 0 Å². The number of hydrogen-bond acceptors (Lipinski definition) is 1. The Morgan fingerprint density at radius 2 is 1.69 bits per heavy atom. The maximum Gasteiger partial charge on any atom is 0.0208 e. The van der Waals surface area contributed by atoms with E-state index in [-0.39, 0.29) is 0 Å². The van der Waals surface area contributed by atoms with Crippen LogP contribution in [-0.4, -0.2) is 6.54 Å². The lowest BCUT2D eigenvalue weighted by Gasteiger charge is -2.17. The van der Waals surface area contributed by atoms with Crippen LogP contribution in [0.4, 0.5) is 0 Å². The molecule has 1 aromatic carbocycles. The van der Waals surface area contributed by atoms with Gasteiger partial charge in [0.15, 0.2) is 0 Å². The first-order chi connectivity index (χ1) is 7.65. The van der Waals surface area contributed by atoms with Gasteiger partial charge in [-0.15, -0.1) is 0 Å². The van der Waals surface area contributed by atoms with Crippen LogP contribution in [0.15, 0.2) is 24.3 Å². The molecular formula is C15H25N. The van der Waals surface area contributed by atoms with Crippen molar-refractivity contribution in [3.8, 4) is 0 Å². The fourth-order valence-corrected chi connectivity index (χ4v) is 1.75. The highest BCUT2D eigenvalue weighted by atomic mass is 14.9. The summed E-state index contributed by atoms with van der Waals surface area (Å²) >= 11 is 0. The summed E-state index contributed by atoms with van der Waals surface area (Å²) in [5, 5.41) is 3.56. The standard InChI is InChI=1S/C15H25N/c1-5-14-8-6-7-9-15(14)11-16-10-13(4)12(2)3/h6-9,12-13,16H,5,10-11H2,1-4H3. The molecule has 0 aliphatic heterocycles. The second-order valence-electron chi connectivity index (χ2n) is 4.97. The molecule has 1 nitrogen and oxygen atoms in total. The Labute approximate surface area is 100 Å². The average Bonchev–Trinajstić information content (AvgIpc) is 2.29. The van der Waals surface area contributed by atoms with Crippen molar-refractivity contribution in [1.29, 1.82) is 0 Å². The molecule has 0 amide bonds. The Balaban J connectivity index is 2.42. The van der Waals surface area contributed by atoms with Gasteiger partial charge in [0.1, 0.15) is 0 Å². The van der Waals surface area contributed by atoms with Crippen LogP contribution in [0.1, 0.15) is 38.8 Å². The lowest BCUT2D eigenvalue weighted by atomic mass is 9.98. The van der Waals surface area contributed by atoms with E-state index >= 15 is 0 Å². The largest absolute Gasteiger partial charge is 0.312 e.